The summed E-state index contributed by atoms with van der Waals surface area (Å²) in [5.41, 5.74) is 5.25. The zero-order chi connectivity index (χ0) is 20.5. The Morgan fingerprint density at radius 3 is 2.48 bits per heavy atom. The van der Waals surface area contributed by atoms with E-state index in [0.717, 1.165) is 16.7 Å². The van der Waals surface area contributed by atoms with E-state index in [1.54, 1.807) is 19.4 Å². The summed E-state index contributed by atoms with van der Waals surface area (Å²) in [7, 11) is 1.58. The smallest absolute Gasteiger partial charge is 0.244 e. The molecule has 0 aromatic heterocycles. The summed E-state index contributed by atoms with van der Waals surface area (Å²) in [5, 5.41) is 4.70. The highest BCUT2D eigenvalue weighted by molar-refractivity contribution is 6.30. The van der Waals surface area contributed by atoms with Gasteiger partial charge in [0.05, 0.1) is 19.7 Å². The minimum atomic E-state index is -0.178. The van der Waals surface area contributed by atoms with E-state index >= 15 is 0 Å². The Bertz CT molecular complexity index is 973. The summed E-state index contributed by atoms with van der Waals surface area (Å²) in [6.07, 6.45) is 1.84. The molecule has 5 nitrogen and oxygen atoms in total. The molecular weight excluding hydrogens is 388 g/mol. The van der Waals surface area contributed by atoms with Gasteiger partial charge in [-0.25, -0.2) is 5.43 Å². The molecule has 0 spiro atoms. The predicted octanol–water partition coefficient (Wildman–Crippen LogP) is 4.62. The highest BCUT2D eigenvalue weighted by Crippen LogP contribution is 2.28. The molecule has 0 heterocycles. The monoisotopic (exact) mass is 408 g/mol. The van der Waals surface area contributed by atoms with Gasteiger partial charge in [0.15, 0.2) is 11.5 Å². The summed E-state index contributed by atoms with van der Waals surface area (Å²) in [4.78, 5) is 11.9. The van der Waals surface area contributed by atoms with E-state index in [2.05, 4.69) is 10.5 Å². The molecule has 0 unspecified atom stereocenters. The van der Waals surface area contributed by atoms with Crippen LogP contribution in [-0.4, -0.2) is 19.2 Å². The fourth-order valence-corrected chi connectivity index (χ4v) is 2.75. The summed E-state index contributed by atoms with van der Waals surface area (Å²) >= 11 is 5.90. The zero-order valence-electron chi connectivity index (χ0n) is 16.0. The molecule has 0 atom stereocenters. The van der Waals surface area contributed by atoms with Gasteiger partial charge in [-0.1, -0.05) is 54.1 Å². The number of methoxy groups -OCH3 is 1. The van der Waals surface area contributed by atoms with E-state index in [4.69, 9.17) is 21.1 Å². The first-order valence-electron chi connectivity index (χ1n) is 9.05. The highest BCUT2D eigenvalue weighted by atomic mass is 35.5. The van der Waals surface area contributed by atoms with Gasteiger partial charge in [-0.3, -0.25) is 4.79 Å². The van der Waals surface area contributed by atoms with E-state index in [9.17, 15) is 4.79 Å². The first kappa shape index (κ1) is 20.4. The summed E-state index contributed by atoms with van der Waals surface area (Å²) in [5.74, 6) is 1.02. The summed E-state index contributed by atoms with van der Waals surface area (Å²) < 4.78 is 11.2. The molecule has 0 saturated carbocycles. The van der Waals surface area contributed by atoms with E-state index < -0.39 is 0 Å². The molecule has 148 valence electrons. The van der Waals surface area contributed by atoms with Gasteiger partial charge in [0.2, 0.25) is 5.91 Å². The van der Waals surface area contributed by atoms with Crippen LogP contribution in [0.3, 0.4) is 0 Å². The summed E-state index contributed by atoms with van der Waals surface area (Å²) in [6.45, 7) is 0.399. The van der Waals surface area contributed by atoms with Crippen LogP contribution in [0.4, 0.5) is 0 Å². The zero-order valence-corrected chi connectivity index (χ0v) is 16.7. The number of carbonyl (C=O) groups is 1. The average Bonchev–Trinajstić information content (AvgIpc) is 2.74. The molecule has 0 aliphatic carbocycles. The van der Waals surface area contributed by atoms with Gasteiger partial charge in [-0.05, 0) is 47.0 Å². The number of halogens is 1. The van der Waals surface area contributed by atoms with Crippen LogP contribution in [0.2, 0.25) is 5.02 Å². The number of rotatable bonds is 8. The minimum absolute atomic E-state index is 0.178. The van der Waals surface area contributed by atoms with Crippen LogP contribution >= 0.6 is 11.6 Å². The van der Waals surface area contributed by atoms with Crippen LogP contribution in [-0.2, 0) is 17.8 Å². The Morgan fingerprint density at radius 1 is 1.00 bits per heavy atom. The number of nitrogens with zero attached hydrogens (tertiary/aromatic N) is 1. The van der Waals surface area contributed by atoms with Crippen molar-refractivity contribution >= 4 is 23.7 Å². The van der Waals surface area contributed by atoms with Crippen molar-refractivity contribution in [1.29, 1.82) is 0 Å². The van der Waals surface area contributed by atoms with Gasteiger partial charge >= 0.3 is 0 Å². The lowest BCUT2D eigenvalue weighted by atomic mass is 10.1. The number of carbonyl (C=O) groups excluding carboxylic acids is 1. The normalized spacial score (nSPS) is 10.7. The Morgan fingerprint density at radius 2 is 1.76 bits per heavy atom. The van der Waals surface area contributed by atoms with E-state index in [-0.39, 0.29) is 12.3 Å². The summed E-state index contributed by atoms with van der Waals surface area (Å²) in [6, 6.07) is 22.4. The third-order valence-corrected chi connectivity index (χ3v) is 4.36. The number of hydrogen-bond donors (Lipinski definition) is 1. The van der Waals surface area contributed by atoms with E-state index in [1.807, 2.05) is 66.7 Å². The molecule has 0 saturated heterocycles. The van der Waals surface area contributed by atoms with Crippen LogP contribution in [0.5, 0.6) is 11.5 Å². The van der Waals surface area contributed by atoms with Crippen molar-refractivity contribution in [2.75, 3.05) is 7.11 Å². The number of ether oxygens (including phenoxy) is 2. The maximum atomic E-state index is 11.9. The number of hydrogen-bond acceptors (Lipinski definition) is 4. The second kappa shape index (κ2) is 10.3. The van der Waals surface area contributed by atoms with Crippen molar-refractivity contribution in [3.05, 3.63) is 94.5 Å². The van der Waals surface area contributed by atoms with Crippen LogP contribution in [0.15, 0.2) is 77.9 Å². The average molecular weight is 409 g/mol. The maximum Gasteiger partial charge on any atom is 0.244 e. The third-order valence-electron chi connectivity index (χ3n) is 4.11. The Labute approximate surface area is 174 Å². The molecule has 0 radical (unpaired) electrons. The van der Waals surface area contributed by atoms with Gasteiger partial charge in [-0.15, -0.1) is 0 Å². The number of nitrogens with one attached hydrogen (secondary N) is 1. The van der Waals surface area contributed by atoms with Crippen LogP contribution < -0.4 is 14.9 Å². The quantitative estimate of drug-likeness (QED) is 0.437. The van der Waals surface area contributed by atoms with Crippen molar-refractivity contribution in [2.45, 2.75) is 13.0 Å². The second-order valence-corrected chi connectivity index (χ2v) is 6.72. The molecule has 0 aliphatic rings. The lowest BCUT2D eigenvalue weighted by Crippen LogP contribution is -2.19. The predicted molar refractivity (Wildman–Crippen MR) is 115 cm³/mol. The molecule has 0 bridgehead atoms. The lowest BCUT2D eigenvalue weighted by Gasteiger charge is -2.11. The standard InChI is InChI=1S/C23H21ClN2O3/c1-28-22-13-19(15-25-26-23(27)14-17-5-3-2-4-6-17)9-12-21(22)29-16-18-7-10-20(24)11-8-18/h2-13,15H,14,16H2,1H3,(H,26,27)/b25-15+. The Kier molecular flexibility index (Phi) is 7.25. The molecule has 0 fully saturated rings. The molecule has 29 heavy (non-hydrogen) atoms. The van der Waals surface area contributed by atoms with Crippen molar-refractivity contribution in [1.82, 2.24) is 5.43 Å². The van der Waals surface area contributed by atoms with Crippen molar-refractivity contribution in [3.63, 3.8) is 0 Å². The fraction of sp³-hybridized carbons (Fsp3) is 0.130. The fourth-order valence-electron chi connectivity index (χ4n) is 2.63. The highest BCUT2D eigenvalue weighted by Gasteiger charge is 2.06. The molecule has 6 heteroatoms. The SMILES string of the molecule is COc1cc(/C=N/NC(=O)Cc2ccccc2)ccc1OCc1ccc(Cl)cc1. The van der Waals surface area contributed by atoms with Gasteiger partial charge < -0.3 is 9.47 Å². The van der Waals surface area contributed by atoms with Gasteiger partial charge in [0, 0.05) is 5.02 Å². The molecule has 3 aromatic carbocycles. The van der Waals surface area contributed by atoms with E-state index in [0.29, 0.717) is 23.1 Å². The van der Waals surface area contributed by atoms with Gasteiger partial charge in [0.1, 0.15) is 6.61 Å². The Balaban J connectivity index is 1.56. The lowest BCUT2D eigenvalue weighted by molar-refractivity contribution is -0.120. The van der Waals surface area contributed by atoms with Crippen molar-refractivity contribution in [3.8, 4) is 11.5 Å². The third kappa shape index (κ3) is 6.36. The molecule has 0 aliphatic heterocycles. The van der Waals surface area contributed by atoms with Crippen LogP contribution in [0.1, 0.15) is 16.7 Å². The van der Waals surface area contributed by atoms with Crippen LogP contribution in [0.25, 0.3) is 0 Å². The minimum Gasteiger partial charge on any atom is -0.493 e. The second-order valence-electron chi connectivity index (χ2n) is 6.28. The van der Waals surface area contributed by atoms with Gasteiger partial charge in [0.25, 0.3) is 0 Å². The first-order valence-corrected chi connectivity index (χ1v) is 9.43. The number of amides is 1. The Hall–Kier alpha value is -3.31. The molecule has 1 amide bonds. The van der Waals surface area contributed by atoms with Crippen LogP contribution in [0, 0.1) is 0 Å². The van der Waals surface area contributed by atoms with Crippen molar-refractivity contribution in [2.24, 2.45) is 5.10 Å². The first-order chi connectivity index (χ1) is 14.1. The molecular formula is C23H21ClN2O3. The largest absolute Gasteiger partial charge is 0.493 e. The van der Waals surface area contributed by atoms with Crippen molar-refractivity contribution < 1.29 is 14.3 Å². The molecule has 3 aromatic rings. The molecule has 3 rings (SSSR count). The van der Waals surface area contributed by atoms with Gasteiger partial charge in [-0.2, -0.15) is 5.10 Å². The number of hydrazone groups is 1. The van der Waals surface area contributed by atoms with E-state index in [1.165, 1.54) is 0 Å². The number of benzene rings is 3. The maximum absolute atomic E-state index is 11.9. The topological polar surface area (TPSA) is 59.9 Å². The molecule has 1 N–H and O–H groups in total.